The van der Waals surface area contributed by atoms with Crippen LogP contribution in [0.15, 0.2) is 18.2 Å². The lowest BCUT2D eigenvalue weighted by molar-refractivity contribution is -0.134. The van der Waals surface area contributed by atoms with Gasteiger partial charge in [0.1, 0.15) is 15.6 Å². The molecule has 0 radical (unpaired) electrons. The summed E-state index contributed by atoms with van der Waals surface area (Å²) >= 11 is 6.60. The van der Waals surface area contributed by atoms with Crippen LogP contribution in [0.1, 0.15) is 55.1 Å². The Morgan fingerprint density at radius 3 is 2.47 bits per heavy atom. The van der Waals surface area contributed by atoms with Crippen LogP contribution in [0.5, 0.6) is 5.75 Å². The minimum absolute atomic E-state index is 0.0431. The van der Waals surface area contributed by atoms with Crippen LogP contribution < -0.4 is 10.1 Å². The standard InChI is InChI=1S/C24H31ClF3N3O4S/c1-4-31-22(18-10-7-15(13-19(18)35-2)11-12-24(26,27)28)20(25)21(30-31)23(32)29-14-16-5-8-17(9-6-16)36(3,33)34/h7,10,13,16-17H,4-6,8-9,11-12,14H2,1-3H3,(H,29,32)/t16-,17-. The lowest BCUT2D eigenvalue weighted by Crippen LogP contribution is -2.34. The average molecular weight is 550 g/mol. The minimum Gasteiger partial charge on any atom is -0.496 e. The number of carbonyl (C=O) groups is 1. The molecule has 1 saturated carbocycles. The molecule has 1 heterocycles. The van der Waals surface area contributed by atoms with Crippen molar-refractivity contribution in [2.75, 3.05) is 19.9 Å². The SMILES string of the molecule is CCn1nc(C(=O)NC[C@H]2CC[C@H](S(C)(=O)=O)CC2)c(Cl)c1-c1ccc(CCC(F)(F)F)cc1OC. The van der Waals surface area contributed by atoms with Crippen LogP contribution >= 0.6 is 11.6 Å². The number of benzene rings is 1. The van der Waals surface area contributed by atoms with Crippen LogP contribution in [-0.2, 0) is 22.8 Å². The van der Waals surface area contributed by atoms with E-state index in [0.29, 0.717) is 61.3 Å². The number of nitrogens with zero attached hydrogens (tertiary/aromatic N) is 2. The molecule has 1 aromatic carbocycles. The smallest absolute Gasteiger partial charge is 0.389 e. The fraction of sp³-hybridized carbons (Fsp3) is 0.583. The number of nitrogens with one attached hydrogen (secondary N) is 1. The van der Waals surface area contributed by atoms with Gasteiger partial charge in [-0.2, -0.15) is 18.3 Å². The van der Waals surface area contributed by atoms with Gasteiger partial charge in [0.2, 0.25) is 0 Å². The first kappa shape index (κ1) is 28.3. The number of halogens is 4. The van der Waals surface area contributed by atoms with Gasteiger partial charge in [-0.3, -0.25) is 9.48 Å². The van der Waals surface area contributed by atoms with Crippen molar-refractivity contribution in [3.05, 3.63) is 34.5 Å². The van der Waals surface area contributed by atoms with E-state index in [-0.39, 0.29) is 28.3 Å². The molecule has 1 N–H and O–H groups in total. The number of aryl methyl sites for hydroxylation is 2. The van der Waals surface area contributed by atoms with Crippen LogP contribution in [0.4, 0.5) is 13.2 Å². The predicted octanol–water partition coefficient (Wildman–Crippen LogP) is 5.06. The Kier molecular flexibility index (Phi) is 8.97. The van der Waals surface area contributed by atoms with Gasteiger partial charge in [0.25, 0.3) is 5.91 Å². The maximum absolute atomic E-state index is 12.9. The molecular formula is C24H31ClF3N3O4S. The first-order valence-corrected chi connectivity index (χ1v) is 14.1. The molecule has 0 aliphatic heterocycles. The molecule has 12 heteroatoms. The second kappa shape index (κ2) is 11.4. The second-order valence-corrected chi connectivity index (χ2v) is 11.9. The normalized spacial score (nSPS) is 18.8. The van der Waals surface area contributed by atoms with Gasteiger partial charge in [-0.15, -0.1) is 0 Å². The highest BCUT2D eigenvalue weighted by Crippen LogP contribution is 2.38. The molecular weight excluding hydrogens is 519 g/mol. The van der Waals surface area contributed by atoms with Gasteiger partial charge in [-0.05, 0) is 62.6 Å². The summed E-state index contributed by atoms with van der Waals surface area (Å²) in [5, 5.41) is 7.03. The highest BCUT2D eigenvalue weighted by molar-refractivity contribution is 7.91. The molecule has 1 aromatic heterocycles. The lowest BCUT2D eigenvalue weighted by Gasteiger charge is -2.27. The summed E-state index contributed by atoms with van der Waals surface area (Å²) in [6.45, 7) is 2.62. The Morgan fingerprint density at radius 1 is 1.25 bits per heavy atom. The Labute approximate surface area is 214 Å². The topological polar surface area (TPSA) is 90.3 Å². The van der Waals surface area contributed by atoms with E-state index in [1.165, 1.54) is 19.4 Å². The van der Waals surface area contributed by atoms with E-state index in [2.05, 4.69) is 10.4 Å². The monoisotopic (exact) mass is 549 g/mol. The maximum atomic E-state index is 12.9. The van der Waals surface area contributed by atoms with Gasteiger partial charge in [-0.25, -0.2) is 8.42 Å². The molecule has 0 atom stereocenters. The van der Waals surface area contributed by atoms with Crippen molar-refractivity contribution in [3.63, 3.8) is 0 Å². The number of amides is 1. The lowest BCUT2D eigenvalue weighted by atomic mass is 9.89. The molecule has 200 valence electrons. The zero-order valence-corrected chi connectivity index (χ0v) is 22.1. The predicted molar refractivity (Wildman–Crippen MR) is 132 cm³/mol. The van der Waals surface area contributed by atoms with Crippen LogP contribution in [0, 0.1) is 5.92 Å². The van der Waals surface area contributed by atoms with Gasteiger partial charge in [0.15, 0.2) is 5.69 Å². The summed E-state index contributed by atoms with van der Waals surface area (Å²) in [6, 6.07) is 4.75. The van der Waals surface area contributed by atoms with E-state index in [4.69, 9.17) is 16.3 Å². The molecule has 1 aliphatic carbocycles. The minimum atomic E-state index is -4.26. The molecule has 36 heavy (non-hydrogen) atoms. The zero-order valence-electron chi connectivity index (χ0n) is 20.5. The number of hydrogen-bond donors (Lipinski definition) is 1. The number of aromatic nitrogens is 2. The summed E-state index contributed by atoms with van der Waals surface area (Å²) in [7, 11) is -1.64. The summed E-state index contributed by atoms with van der Waals surface area (Å²) in [6.07, 6.45) is -1.55. The fourth-order valence-electron chi connectivity index (χ4n) is 4.53. The number of methoxy groups -OCH3 is 1. The van der Waals surface area contributed by atoms with Crippen molar-refractivity contribution >= 4 is 27.3 Å². The highest BCUT2D eigenvalue weighted by atomic mass is 35.5. The summed E-state index contributed by atoms with van der Waals surface area (Å²) in [5.41, 5.74) is 1.47. The van der Waals surface area contributed by atoms with Crippen molar-refractivity contribution in [1.82, 2.24) is 15.1 Å². The van der Waals surface area contributed by atoms with Crippen LogP contribution in [-0.4, -0.2) is 55.4 Å². The Hall–Kier alpha value is -2.27. The zero-order chi connectivity index (χ0) is 26.7. The number of ether oxygens (including phenoxy) is 1. The van der Waals surface area contributed by atoms with Gasteiger partial charge < -0.3 is 10.1 Å². The van der Waals surface area contributed by atoms with Gasteiger partial charge in [0.05, 0.1) is 23.1 Å². The van der Waals surface area contributed by atoms with Gasteiger partial charge >= 0.3 is 6.18 Å². The van der Waals surface area contributed by atoms with E-state index < -0.39 is 28.3 Å². The van der Waals surface area contributed by atoms with E-state index in [1.54, 1.807) is 16.8 Å². The molecule has 1 amide bonds. The van der Waals surface area contributed by atoms with E-state index in [0.717, 1.165) is 0 Å². The number of sulfone groups is 1. The van der Waals surface area contributed by atoms with E-state index in [9.17, 15) is 26.4 Å². The molecule has 1 fully saturated rings. The number of alkyl halides is 3. The first-order chi connectivity index (χ1) is 16.8. The van der Waals surface area contributed by atoms with Crippen LogP contribution in [0.25, 0.3) is 11.3 Å². The molecule has 0 bridgehead atoms. The molecule has 3 rings (SSSR count). The molecule has 2 aromatic rings. The number of rotatable bonds is 9. The Balaban J connectivity index is 1.76. The molecule has 1 aliphatic rings. The highest BCUT2D eigenvalue weighted by Gasteiger charge is 2.30. The van der Waals surface area contributed by atoms with Crippen molar-refractivity contribution in [3.8, 4) is 17.0 Å². The van der Waals surface area contributed by atoms with Crippen molar-refractivity contribution in [2.24, 2.45) is 5.92 Å². The molecule has 0 spiro atoms. The Bertz CT molecular complexity index is 1190. The molecule has 7 nitrogen and oxygen atoms in total. The van der Waals surface area contributed by atoms with Crippen LogP contribution in [0.2, 0.25) is 5.02 Å². The summed E-state index contributed by atoms with van der Waals surface area (Å²) in [5.74, 6) is 0.0583. The Morgan fingerprint density at radius 2 is 1.92 bits per heavy atom. The summed E-state index contributed by atoms with van der Waals surface area (Å²) in [4.78, 5) is 12.9. The number of hydrogen-bond acceptors (Lipinski definition) is 5. The second-order valence-electron chi connectivity index (χ2n) is 9.16. The van der Waals surface area contributed by atoms with Crippen molar-refractivity contribution in [1.29, 1.82) is 0 Å². The average Bonchev–Trinajstić information content (AvgIpc) is 3.16. The van der Waals surface area contributed by atoms with Gasteiger partial charge in [0, 0.05) is 31.3 Å². The molecule has 0 unspecified atom stereocenters. The van der Waals surface area contributed by atoms with Crippen LogP contribution in [0.3, 0.4) is 0 Å². The third-order valence-corrected chi connectivity index (χ3v) is 8.62. The number of carbonyl (C=O) groups excluding carboxylic acids is 1. The quantitative estimate of drug-likeness (QED) is 0.472. The third-order valence-electron chi connectivity index (χ3n) is 6.58. The largest absolute Gasteiger partial charge is 0.496 e. The van der Waals surface area contributed by atoms with Crippen molar-refractivity contribution in [2.45, 2.75) is 63.4 Å². The molecule has 0 saturated heterocycles. The van der Waals surface area contributed by atoms with E-state index >= 15 is 0 Å². The third kappa shape index (κ3) is 6.94. The first-order valence-electron chi connectivity index (χ1n) is 11.8. The summed E-state index contributed by atoms with van der Waals surface area (Å²) < 4.78 is 68.4. The van der Waals surface area contributed by atoms with Crippen molar-refractivity contribution < 1.29 is 31.1 Å². The van der Waals surface area contributed by atoms with Gasteiger partial charge in [-0.1, -0.05) is 17.7 Å². The fourth-order valence-corrected chi connectivity index (χ4v) is 5.98. The maximum Gasteiger partial charge on any atom is 0.389 e. The van der Waals surface area contributed by atoms with E-state index in [1.807, 2.05) is 6.92 Å².